The highest BCUT2D eigenvalue weighted by molar-refractivity contribution is 6.33. The normalized spacial score (nSPS) is 19.6. The number of carboxylic acid groups (broad SMARTS) is 1. The summed E-state index contributed by atoms with van der Waals surface area (Å²) in [5.41, 5.74) is 2.34. The molecule has 0 aromatic heterocycles. The van der Waals surface area contributed by atoms with Crippen LogP contribution < -0.4 is 10.6 Å². The number of urea groups is 1. The Kier molecular flexibility index (Phi) is 9.52. The van der Waals surface area contributed by atoms with Crippen LogP contribution in [0, 0.1) is 5.92 Å². The second-order valence-corrected chi connectivity index (χ2v) is 10.7. The summed E-state index contributed by atoms with van der Waals surface area (Å²) < 4.78 is 0. The Morgan fingerprint density at radius 3 is 2.63 bits per heavy atom. The zero-order valence-electron chi connectivity index (χ0n) is 22.1. The molecule has 0 saturated carbocycles. The zero-order chi connectivity index (χ0) is 27.1. The summed E-state index contributed by atoms with van der Waals surface area (Å²) in [5, 5.41) is 27.9. The lowest BCUT2D eigenvalue weighted by molar-refractivity contribution is -0.0562. The summed E-state index contributed by atoms with van der Waals surface area (Å²) in [4.78, 5) is 28.2. The summed E-state index contributed by atoms with van der Waals surface area (Å²) in [6, 6.07) is 13.9. The summed E-state index contributed by atoms with van der Waals surface area (Å²) in [6.07, 6.45) is 2.14. The van der Waals surface area contributed by atoms with E-state index < -0.39 is 11.7 Å². The molecule has 38 heavy (non-hydrogen) atoms. The van der Waals surface area contributed by atoms with Crippen LogP contribution in [0.25, 0.3) is 11.1 Å². The molecular formula is C29H39ClN4O4. The van der Waals surface area contributed by atoms with Crippen LogP contribution in [-0.2, 0) is 12.0 Å². The van der Waals surface area contributed by atoms with Crippen LogP contribution in [0.2, 0.25) is 5.02 Å². The van der Waals surface area contributed by atoms with E-state index >= 15 is 0 Å². The van der Waals surface area contributed by atoms with Gasteiger partial charge in [0.1, 0.15) is 0 Å². The van der Waals surface area contributed by atoms with Crippen molar-refractivity contribution in [2.75, 3.05) is 45.8 Å². The van der Waals surface area contributed by atoms with Crippen molar-refractivity contribution in [1.82, 2.24) is 20.4 Å². The van der Waals surface area contributed by atoms with Crippen molar-refractivity contribution in [3.05, 3.63) is 58.6 Å². The van der Waals surface area contributed by atoms with Gasteiger partial charge in [0.05, 0.1) is 5.60 Å². The Morgan fingerprint density at radius 1 is 1.13 bits per heavy atom. The first kappa shape index (κ1) is 28.2. The van der Waals surface area contributed by atoms with Crippen molar-refractivity contribution in [3.8, 4) is 11.1 Å². The molecule has 2 atom stereocenters. The highest BCUT2D eigenvalue weighted by Gasteiger charge is 2.43. The van der Waals surface area contributed by atoms with Crippen molar-refractivity contribution in [1.29, 1.82) is 0 Å². The van der Waals surface area contributed by atoms with Crippen molar-refractivity contribution < 1.29 is 19.8 Å². The number of rotatable bonds is 8. The molecule has 0 radical (unpaired) electrons. The van der Waals surface area contributed by atoms with Crippen LogP contribution in [0.15, 0.2) is 42.5 Å². The van der Waals surface area contributed by atoms with E-state index in [1.807, 2.05) is 40.1 Å². The number of piperidine rings is 1. The number of carbonyl (C=O) groups is 2. The monoisotopic (exact) mass is 542 g/mol. The minimum absolute atomic E-state index is 0.0214. The fraction of sp³-hybridized carbons (Fsp3) is 0.517. The minimum atomic E-state index is -1.30. The molecule has 206 valence electrons. The molecule has 8 nitrogen and oxygen atoms in total. The van der Waals surface area contributed by atoms with E-state index in [1.165, 1.54) is 5.56 Å². The SMILES string of the molecule is CCc1cccc(-c2c(Cl)cccc2[C@](O)(CCCNC(=O)O)[C@@H]2CCCN(C(=O)N3CCNCC3)C2)c1. The van der Waals surface area contributed by atoms with Crippen molar-refractivity contribution in [3.63, 3.8) is 0 Å². The number of amides is 3. The van der Waals surface area contributed by atoms with E-state index in [1.54, 1.807) is 0 Å². The number of aliphatic hydroxyl groups is 1. The maximum atomic E-state index is 13.4. The van der Waals surface area contributed by atoms with Gasteiger partial charge in [-0.15, -0.1) is 0 Å². The van der Waals surface area contributed by atoms with Gasteiger partial charge in [0.2, 0.25) is 0 Å². The summed E-state index contributed by atoms with van der Waals surface area (Å²) in [5.74, 6) is -0.223. The smallest absolute Gasteiger partial charge is 0.404 e. The van der Waals surface area contributed by atoms with Gasteiger partial charge < -0.3 is 30.6 Å². The summed E-state index contributed by atoms with van der Waals surface area (Å²) >= 11 is 6.81. The van der Waals surface area contributed by atoms with E-state index in [-0.39, 0.29) is 18.5 Å². The first-order valence-corrected chi connectivity index (χ1v) is 14.0. The molecule has 4 N–H and O–H groups in total. The number of aryl methyl sites for hydroxylation is 1. The predicted octanol–water partition coefficient (Wildman–Crippen LogP) is 4.54. The van der Waals surface area contributed by atoms with Gasteiger partial charge in [0, 0.05) is 62.3 Å². The highest BCUT2D eigenvalue weighted by Crippen LogP contribution is 2.45. The number of likely N-dealkylation sites (tertiary alicyclic amines) is 1. The third-order valence-electron chi connectivity index (χ3n) is 7.87. The minimum Gasteiger partial charge on any atom is -0.465 e. The number of hydrogen-bond donors (Lipinski definition) is 4. The highest BCUT2D eigenvalue weighted by atomic mass is 35.5. The molecule has 9 heteroatoms. The lowest BCUT2D eigenvalue weighted by Crippen LogP contribution is -2.55. The molecule has 2 aliphatic heterocycles. The topological polar surface area (TPSA) is 105 Å². The molecule has 0 unspecified atom stereocenters. The van der Waals surface area contributed by atoms with Crippen LogP contribution in [0.1, 0.15) is 43.7 Å². The van der Waals surface area contributed by atoms with E-state index in [4.69, 9.17) is 16.7 Å². The molecule has 0 aliphatic carbocycles. The van der Waals surface area contributed by atoms with Crippen LogP contribution in [0.3, 0.4) is 0 Å². The van der Waals surface area contributed by atoms with Gasteiger partial charge in [-0.3, -0.25) is 0 Å². The van der Waals surface area contributed by atoms with E-state index in [0.717, 1.165) is 49.0 Å². The van der Waals surface area contributed by atoms with Crippen molar-refractivity contribution >= 4 is 23.7 Å². The largest absolute Gasteiger partial charge is 0.465 e. The van der Waals surface area contributed by atoms with E-state index in [0.29, 0.717) is 44.0 Å². The Bertz CT molecular complexity index is 1120. The van der Waals surface area contributed by atoms with Crippen LogP contribution >= 0.6 is 11.6 Å². The maximum Gasteiger partial charge on any atom is 0.404 e. The maximum absolute atomic E-state index is 13.4. The summed E-state index contributed by atoms with van der Waals surface area (Å²) in [7, 11) is 0. The van der Waals surface area contributed by atoms with Gasteiger partial charge in [-0.1, -0.05) is 54.9 Å². The van der Waals surface area contributed by atoms with Crippen molar-refractivity contribution in [2.45, 2.75) is 44.6 Å². The van der Waals surface area contributed by atoms with Gasteiger partial charge >= 0.3 is 12.1 Å². The van der Waals surface area contributed by atoms with Gasteiger partial charge in [-0.2, -0.15) is 0 Å². The van der Waals surface area contributed by atoms with Gasteiger partial charge in [0.15, 0.2) is 0 Å². The Balaban J connectivity index is 1.70. The number of benzene rings is 2. The fourth-order valence-electron chi connectivity index (χ4n) is 5.83. The zero-order valence-corrected chi connectivity index (χ0v) is 22.8. The van der Waals surface area contributed by atoms with Crippen molar-refractivity contribution in [2.24, 2.45) is 5.92 Å². The molecule has 2 aromatic carbocycles. The fourth-order valence-corrected chi connectivity index (χ4v) is 6.12. The molecular weight excluding hydrogens is 504 g/mol. The number of nitrogens with one attached hydrogen (secondary N) is 2. The van der Waals surface area contributed by atoms with E-state index in [9.17, 15) is 14.7 Å². The third-order valence-corrected chi connectivity index (χ3v) is 8.18. The molecule has 0 bridgehead atoms. The number of nitrogens with zero attached hydrogens (tertiary/aromatic N) is 2. The standard InChI is InChI=1S/C29H39ClN4O4/c1-2-21-7-3-8-22(19-21)26-24(10-4-11-25(26)30)29(38,12-6-13-32-27(35)36)23-9-5-16-34(20-23)28(37)33-17-14-31-15-18-33/h3-4,7-8,10-11,19,23,31-32,38H,2,5-6,9,12-18,20H2,1H3,(H,35,36)/t23-,29+/m1/s1. The first-order valence-electron chi connectivity index (χ1n) is 13.7. The van der Waals surface area contributed by atoms with E-state index in [2.05, 4.69) is 29.7 Å². The quantitative estimate of drug-likeness (QED) is 0.366. The predicted molar refractivity (Wildman–Crippen MR) is 150 cm³/mol. The van der Waals surface area contributed by atoms with Crippen LogP contribution in [0.5, 0.6) is 0 Å². The third kappa shape index (κ3) is 6.42. The Hall–Kier alpha value is -2.81. The Labute approximate surface area is 230 Å². The molecule has 2 aromatic rings. The number of hydrogen-bond acceptors (Lipinski definition) is 4. The first-order chi connectivity index (χ1) is 18.3. The second-order valence-electron chi connectivity index (χ2n) is 10.3. The molecule has 3 amide bonds. The lowest BCUT2D eigenvalue weighted by atomic mass is 9.72. The molecule has 0 spiro atoms. The molecule has 4 rings (SSSR count). The van der Waals surface area contributed by atoms with Crippen LogP contribution in [-0.4, -0.2) is 78.0 Å². The average molecular weight is 543 g/mol. The number of piperazine rings is 1. The van der Waals surface area contributed by atoms with Gasteiger partial charge in [-0.25, -0.2) is 9.59 Å². The summed E-state index contributed by atoms with van der Waals surface area (Å²) in [6.45, 7) is 6.36. The van der Waals surface area contributed by atoms with Gasteiger partial charge in [-0.05, 0) is 54.9 Å². The lowest BCUT2D eigenvalue weighted by Gasteiger charge is -2.45. The second kappa shape index (κ2) is 12.8. The number of carbonyl (C=O) groups excluding carboxylic acids is 1. The molecule has 2 heterocycles. The Morgan fingerprint density at radius 2 is 1.89 bits per heavy atom. The average Bonchev–Trinajstić information content (AvgIpc) is 2.95. The molecule has 2 aliphatic rings. The number of halogens is 1. The molecule has 2 saturated heterocycles. The van der Waals surface area contributed by atoms with Gasteiger partial charge in [0.25, 0.3) is 0 Å². The molecule has 2 fully saturated rings. The van der Waals surface area contributed by atoms with Crippen LogP contribution in [0.4, 0.5) is 9.59 Å².